The van der Waals surface area contributed by atoms with Gasteiger partial charge in [0.25, 0.3) is 0 Å². The molecule has 0 saturated carbocycles. The summed E-state index contributed by atoms with van der Waals surface area (Å²) in [6, 6.07) is 12.8. The second kappa shape index (κ2) is 7.38. The van der Waals surface area contributed by atoms with E-state index in [-0.39, 0.29) is 0 Å². The Bertz CT molecular complexity index is 641. The number of aryl methyl sites for hydroxylation is 1. The van der Waals surface area contributed by atoms with Crippen LogP contribution in [0.4, 0.5) is 0 Å². The number of piperazine rings is 1. The third kappa shape index (κ3) is 4.39. The number of hydrazone groups is 1. The molecule has 0 spiro atoms. The molecule has 0 aliphatic carbocycles. The Kier molecular flexibility index (Phi) is 5.03. The zero-order valence-electron chi connectivity index (χ0n) is 13.9. The average Bonchev–Trinajstić information content (AvgIpc) is 2.59. The fourth-order valence-electron chi connectivity index (χ4n) is 2.79. The number of pyridine rings is 1. The van der Waals surface area contributed by atoms with Gasteiger partial charge >= 0.3 is 0 Å². The summed E-state index contributed by atoms with van der Waals surface area (Å²) in [4.78, 5) is 6.65. The summed E-state index contributed by atoms with van der Waals surface area (Å²) in [6.45, 7) is 9.27. The van der Waals surface area contributed by atoms with Gasteiger partial charge in [0.15, 0.2) is 0 Å². The van der Waals surface area contributed by atoms with Crippen LogP contribution in [-0.2, 0) is 6.54 Å². The predicted molar refractivity (Wildman–Crippen MR) is 94.5 cm³/mol. The lowest BCUT2D eigenvalue weighted by Gasteiger charge is -2.33. The largest absolute Gasteiger partial charge is 0.295 e. The standard InChI is InChI=1S/C19H24N4/c1-16-5-7-18(8-6-16)15-22-10-12-23(13-11-22)21-17(2)19-4-3-9-20-14-19/h3-9,14H,10-13,15H2,1-2H3/b21-17+. The first kappa shape index (κ1) is 15.7. The molecule has 2 aromatic rings. The summed E-state index contributed by atoms with van der Waals surface area (Å²) in [5.74, 6) is 0. The van der Waals surface area contributed by atoms with Crippen LogP contribution in [0.1, 0.15) is 23.6 Å². The van der Waals surface area contributed by atoms with Gasteiger partial charge in [-0.25, -0.2) is 0 Å². The topological polar surface area (TPSA) is 31.7 Å². The van der Waals surface area contributed by atoms with Crippen molar-refractivity contribution in [2.75, 3.05) is 26.2 Å². The van der Waals surface area contributed by atoms with Crippen molar-refractivity contribution in [2.45, 2.75) is 20.4 Å². The highest BCUT2D eigenvalue weighted by atomic mass is 15.5. The van der Waals surface area contributed by atoms with Gasteiger partial charge in [0.05, 0.1) is 5.71 Å². The fraction of sp³-hybridized carbons (Fsp3) is 0.368. The van der Waals surface area contributed by atoms with E-state index in [1.54, 1.807) is 6.20 Å². The monoisotopic (exact) mass is 308 g/mol. The molecule has 0 unspecified atom stereocenters. The first-order valence-electron chi connectivity index (χ1n) is 8.19. The van der Waals surface area contributed by atoms with Crippen LogP contribution in [0, 0.1) is 6.92 Å². The van der Waals surface area contributed by atoms with Crippen LogP contribution in [0.2, 0.25) is 0 Å². The van der Waals surface area contributed by atoms with Gasteiger partial charge < -0.3 is 0 Å². The lowest BCUT2D eigenvalue weighted by molar-refractivity contribution is 0.130. The van der Waals surface area contributed by atoms with Crippen LogP contribution in [-0.4, -0.2) is 46.8 Å². The Morgan fingerprint density at radius 2 is 1.83 bits per heavy atom. The molecule has 2 heterocycles. The van der Waals surface area contributed by atoms with Crippen molar-refractivity contribution in [3.63, 3.8) is 0 Å². The molecule has 0 radical (unpaired) electrons. The minimum absolute atomic E-state index is 0.976. The summed E-state index contributed by atoms with van der Waals surface area (Å²) < 4.78 is 0. The first-order chi connectivity index (χ1) is 11.2. The van der Waals surface area contributed by atoms with E-state index in [1.807, 2.05) is 12.3 Å². The molecule has 1 aliphatic heterocycles. The van der Waals surface area contributed by atoms with Crippen LogP contribution in [0.25, 0.3) is 0 Å². The van der Waals surface area contributed by atoms with Crippen molar-refractivity contribution >= 4 is 5.71 Å². The van der Waals surface area contributed by atoms with E-state index >= 15 is 0 Å². The van der Waals surface area contributed by atoms with Gasteiger partial charge in [-0.15, -0.1) is 0 Å². The number of benzene rings is 1. The van der Waals surface area contributed by atoms with Crippen LogP contribution < -0.4 is 0 Å². The highest BCUT2D eigenvalue weighted by Crippen LogP contribution is 2.11. The second-order valence-electron chi connectivity index (χ2n) is 6.14. The molecule has 0 N–H and O–H groups in total. The van der Waals surface area contributed by atoms with Gasteiger partial charge in [-0.1, -0.05) is 35.9 Å². The van der Waals surface area contributed by atoms with Gasteiger partial charge in [-0.3, -0.25) is 14.9 Å². The van der Waals surface area contributed by atoms with E-state index in [4.69, 9.17) is 5.10 Å². The lowest BCUT2D eigenvalue weighted by Crippen LogP contribution is -2.43. The summed E-state index contributed by atoms with van der Waals surface area (Å²) in [5.41, 5.74) is 4.83. The molecule has 4 heteroatoms. The average molecular weight is 308 g/mol. The summed E-state index contributed by atoms with van der Waals surface area (Å²) in [6.07, 6.45) is 3.66. The number of hydrogen-bond donors (Lipinski definition) is 0. The second-order valence-corrected chi connectivity index (χ2v) is 6.14. The SMILES string of the molecule is C/C(=N\N1CCN(Cc2ccc(C)cc2)CC1)c1cccnc1. The molecule has 120 valence electrons. The fourth-order valence-corrected chi connectivity index (χ4v) is 2.79. The highest BCUT2D eigenvalue weighted by molar-refractivity contribution is 5.98. The van der Waals surface area contributed by atoms with E-state index in [2.05, 4.69) is 59.1 Å². The molecular formula is C19H24N4. The van der Waals surface area contributed by atoms with Gasteiger partial charge in [0.1, 0.15) is 0 Å². The number of hydrogen-bond acceptors (Lipinski definition) is 4. The molecule has 1 fully saturated rings. The molecule has 23 heavy (non-hydrogen) atoms. The number of rotatable bonds is 4. The number of aromatic nitrogens is 1. The molecule has 1 aromatic carbocycles. The van der Waals surface area contributed by atoms with E-state index in [9.17, 15) is 0 Å². The van der Waals surface area contributed by atoms with E-state index in [1.165, 1.54) is 11.1 Å². The smallest absolute Gasteiger partial charge is 0.0662 e. The van der Waals surface area contributed by atoms with E-state index in [0.29, 0.717) is 0 Å². The maximum atomic E-state index is 4.74. The van der Waals surface area contributed by atoms with Crippen molar-refractivity contribution in [2.24, 2.45) is 5.10 Å². The predicted octanol–water partition coefficient (Wildman–Crippen LogP) is 2.93. The Labute approximate surface area is 138 Å². The van der Waals surface area contributed by atoms with Gasteiger partial charge in [-0.05, 0) is 25.5 Å². The third-order valence-electron chi connectivity index (χ3n) is 4.25. The van der Waals surface area contributed by atoms with Crippen LogP contribution >= 0.6 is 0 Å². The van der Waals surface area contributed by atoms with Crippen molar-refractivity contribution in [3.8, 4) is 0 Å². The minimum atomic E-state index is 0.976. The van der Waals surface area contributed by atoms with Gasteiger partial charge in [0, 0.05) is 50.7 Å². The maximum Gasteiger partial charge on any atom is 0.0662 e. The molecular weight excluding hydrogens is 284 g/mol. The van der Waals surface area contributed by atoms with Crippen LogP contribution in [0.5, 0.6) is 0 Å². The van der Waals surface area contributed by atoms with Crippen LogP contribution in [0.15, 0.2) is 53.9 Å². The Morgan fingerprint density at radius 1 is 1.09 bits per heavy atom. The molecule has 0 amide bonds. The van der Waals surface area contributed by atoms with Crippen molar-refractivity contribution < 1.29 is 0 Å². The highest BCUT2D eigenvalue weighted by Gasteiger charge is 2.16. The summed E-state index contributed by atoms with van der Waals surface area (Å²) >= 11 is 0. The van der Waals surface area contributed by atoms with Crippen molar-refractivity contribution in [1.82, 2.24) is 14.9 Å². The maximum absolute atomic E-state index is 4.74. The Balaban J connectivity index is 1.53. The lowest BCUT2D eigenvalue weighted by atomic mass is 10.1. The quantitative estimate of drug-likeness (QED) is 0.814. The molecule has 1 aromatic heterocycles. The van der Waals surface area contributed by atoms with Gasteiger partial charge in [0.2, 0.25) is 0 Å². The molecule has 1 aliphatic rings. The molecule has 0 atom stereocenters. The summed E-state index contributed by atoms with van der Waals surface area (Å²) in [7, 11) is 0. The van der Waals surface area contributed by atoms with Gasteiger partial charge in [-0.2, -0.15) is 5.10 Å². The molecule has 0 bridgehead atoms. The summed E-state index contributed by atoms with van der Waals surface area (Å²) in [5, 5.41) is 6.92. The van der Waals surface area contributed by atoms with E-state index in [0.717, 1.165) is 44.0 Å². The Hall–Kier alpha value is -2.20. The zero-order valence-corrected chi connectivity index (χ0v) is 13.9. The van der Waals surface area contributed by atoms with E-state index < -0.39 is 0 Å². The van der Waals surface area contributed by atoms with Crippen molar-refractivity contribution in [3.05, 3.63) is 65.5 Å². The molecule has 4 nitrogen and oxygen atoms in total. The minimum Gasteiger partial charge on any atom is -0.295 e. The number of nitrogens with zero attached hydrogens (tertiary/aromatic N) is 4. The normalized spacial score (nSPS) is 16.6. The van der Waals surface area contributed by atoms with Crippen LogP contribution in [0.3, 0.4) is 0 Å². The molecule has 3 rings (SSSR count). The molecule has 1 saturated heterocycles. The zero-order chi connectivity index (χ0) is 16.1. The van der Waals surface area contributed by atoms with Crippen molar-refractivity contribution in [1.29, 1.82) is 0 Å². The Morgan fingerprint density at radius 3 is 2.48 bits per heavy atom. The third-order valence-corrected chi connectivity index (χ3v) is 4.25. The first-order valence-corrected chi connectivity index (χ1v) is 8.19.